The van der Waals surface area contributed by atoms with E-state index in [1.165, 1.54) is 6.92 Å². The number of carbonyl (C=O) groups excluding carboxylic acids is 4. The van der Waals surface area contributed by atoms with Gasteiger partial charge >= 0.3 is 6.09 Å². The van der Waals surface area contributed by atoms with E-state index in [9.17, 15) is 24.3 Å². The van der Waals surface area contributed by atoms with Crippen LogP contribution in [-0.4, -0.2) is 66.5 Å². The van der Waals surface area contributed by atoms with Crippen molar-refractivity contribution in [3.8, 4) is 0 Å². The Kier molecular flexibility index (Phi) is 11.8. The number of aliphatic imine (C=N–C) groups is 1. The Labute approximate surface area is 185 Å². The molecule has 0 radical (unpaired) electrons. The number of alkyl carbamates (subject to hydrolysis) is 1. The fourth-order valence-electron chi connectivity index (χ4n) is 2.48. The van der Waals surface area contributed by atoms with Gasteiger partial charge in [-0.1, -0.05) is 30.3 Å². The van der Waals surface area contributed by atoms with Gasteiger partial charge in [-0.15, -0.1) is 0 Å². The first kappa shape index (κ1) is 26.4. The number of amides is 3. The molecule has 3 atom stereocenters. The third kappa shape index (κ3) is 10.4. The largest absolute Gasteiger partial charge is 0.445 e. The van der Waals surface area contributed by atoms with Crippen LogP contribution in [0, 0.1) is 0 Å². The zero-order chi connectivity index (χ0) is 23.9. The van der Waals surface area contributed by atoms with Crippen LogP contribution in [-0.2, 0) is 25.7 Å². The van der Waals surface area contributed by atoms with E-state index in [4.69, 9.17) is 16.2 Å². The lowest BCUT2D eigenvalue weighted by atomic mass is 10.1. The van der Waals surface area contributed by atoms with Gasteiger partial charge in [-0.3, -0.25) is 14.6 Å². The van der Waals surface area contributed by atoms with E-state index in [2.05, 4.69) is 20.9 Å². The molecule has 1 aromatic carbocycles. The van der Waals surface area contributed by atoms with Crippen LogP contribution in [0.4, 0.5) is 4.79 Å². The smallest absolute Gasteiger partial charge is 0.408 e. The van der Waals surface area contributed by atoms with Crippen molar-refractivity contribution >= 4 is 30.2 Å². The monoisotopic (exact) mass is 450 g/mol. The highest BCUT2D eigenvalue weighted by molar-refractivity contribution is 5.91. The van der Waals surface area contributed by atoms with Crippen molar-refractivity contribution in [2.24, 2.45) is 16.5 Å². The molecule has 12 nitrogen and oxygen atoms in total. The first-order chi connectivity index (χ1) is 15.3. The molecule has 1 rings (SSSR count). The van der Waals surface area contributed by atoms with Gasteiger partial charge < -0.3 is 42.1 Å². The van der Waals surface area contributed by atoms with Gasteiger partial charge in [0, 0.05) is 6.54 Å². The summed E-state index contributed by atoms with van der Waals surface area (Å²) in [6, 6.07) is 5.77. The second-order valence-electron chi connectivity index (χ2n) is 6.87. The molecule has 3 unspecified atom stereocenters. The minimum atomic E-state index is -1.32. The molecule has 12 heteroatoms. The van der Waals surface area contributed by atoms with Gasteiger partial charge in [0.05, 0.1) is 12.6 Å². The number of nitrogens with zero attached hydrogens (tertiary/aromatic N) is 1. The minimum Gasteiger partial charge on any atom is -0.445 e. The number of ether oxygens (including phenoxy) is 1. The number of carbonyl (C=O) groups is 4. The van der Waals surface area contributed by atoms with Crippen molar-refractivity contribution in [3.05, 3.63) is 35.9 Å². The molecule has 1 aromatic rings. The Morgan fingerprint density at radius 2 is 1.81 bits per heavy atom. The van der Waals surface area contributed by atoms with Crippen LogP contribution in [0.15, 0.2) is 35.3 Å². The van der Waals surface area contributed by atoms with Crippen LogP contribution in [0.2, 0.25) is 0 Å². The molecule has 0 aromatic heterocycles. The van der Waals surface area contributed by atoms with E-state index in [-0.39, 0.29) is 12.6 Å². The van der Waals surface area contributed by atoms with Gasteiger partial charge in [-0.25, -0.2) is 4.79 Å². The number of guanidine groups is 1. The topological polar surface area (TPSA) is 198 Å². The van der Waals surface area contributed by atoms with Crippen molar-refractivity contribution < 1.29 is 29.0 Å². The lowest BCUT2D eigenvalue weighted by molar-refractivity contribution is -0.131. The molecule has 0 saturated carbocycles. The number of nitrogens with one attached hydrogen (secondary N) is 3. The zero-order valence-corrected chi connectivity index (χ0v) is 17.8. The van der Waals surface area contributed by atoms with E-state index >= 15 is 0 Å². The number of nitrogens with two attached hydrogens (primary N) is 2. The van der Waals surface area contributed by atoms with Gasteiger partial charge in [0.15, 0.2) is 5.96 Å². The highest BCUT2D eigenvalue weighted by atomic mass is 16.5. The fraction of sp³-hybridized carbons (Fsp3) is 0.450. The normalized spacial score (nSPS) is 13.1. The third-order valence-corrected chi connectivity index (χ3v) is 4.22. The fourth-order valence-corrected chi connectivity index (χ4v) is 2.48. The molecule has 0 aliphatic rings. The summed E-state index contributed by atoms with van der Waals surface area (Å²) in [7, 11) is 0. The first-order valence-corrected chi connectivity index (χ1v) is 9.96. The molecule has 0 aliphatic heterocycles. The predicted octanol–water partition coefficient (Wildman–Crippen LogP) is -1.48. The van der Waals surface area contributed by atoms with Gasteiger partial charge in [0.1, 0.15) is 25.0 Å². The summed E-state index contributed by atoms with van der Waals surface area (Å²) in [5.74, 6) is -1.47. The van der Waals surface area contributed by atoms with Gasteiger partial charge in [-0.05, 0) is 25.3 Å². The molecule has 0 bridgehead atoms. The molecule has 0 saturated heterocycles. The van der Waals surface area contributed by atoms with Gasteiger partial charge in [-0.2, -0.15) is 0 Å². The van der Waals surface area contributed by atoms with Crippen LogP contribution in [0.5, 0.6) is 0 Å². The molecule has 0 aliphatic carbocycles. The highest BCUT2D eigenvalue weighted by Crippen LogP contribution is 2.01. The van der Waals surface area contributed by atoms with Crippen LogP contribution in [0.3, 0.4) is 0 Å². The Morgan fingerprint density at radius 1 is 1.12 bits per heavy atom. The Bertz CT molecular complexity index is 784. The molecule has 8 N–H and O–H groups in total. The number of rotatable bonds is 13. The van der Waals surface area contributed by atoms with E-state index in [0.717, 1.165) is 5.56 Å². The Hall–Kier alpha value is -3.67. The maximum absolute atomic E-state index is 12.3. The van der Waals surface area contributed by atoms with E-state index in [0.29, 0.717) is 25.7 Å². The lowest BCUT2D eigenvalue weighted by Gasteiger charge is -2.21. The van der Waals surface area contributed by atoms with Crippen LogP contribution in [0.25, 0.3) is 0 Å². The molecule has 32 heavy (non-hydrogen) atoms. The van der Waals surface area contributed by atoms with Crippen molar-refractivity contribution in [3.63, 3.8) is 0 Å². The number of benzene rings is 1. The van der Waals surface area contributed by atoms with E-state index in [1.807, 2.05) is 6.07 Å². The summed E-state index contributed by atoms with van der Waals surface area (Å²) in [6.07, 6.45) is 0.440. The molecular formula is C20H30N6O6. The SMILES string of the molecule is CC(NC(=O)C(CO)NC(=O)OCc1ccccc1)C(=O)NC(C=O)CCCN=C(N)N. The number of aldehydes is 1. The maximum atomic E-state index is 12.3. The number of hydrogen-bond acceptors (Lipinski definition) is 7. The van der Waals surface area contributed by atoms with Crippen molar-refractivity contribution in [2.75, 3.05) is 13.2 Å². The van der Waals surface area contributed by atoms with Gasteiger partial charge in [0.25, 0.3) is 0 Å². The number of aliphatic hydroxyl groups excluding tert-OH is 1. The lowest BCUT2D eigenvalue weighted by Crippen LogP contribution is -2.55. The average Bonchev–Trinajstić information content (AvgIpc) is 2.78. The third-order valence-electron chi connectivity index (χ3n) is 4.22. The van der Waals surface area contributed by atoms with Crippen LogP contribution < -0.4 is 27.4 Å². The second kappa shape index (κ2) is 14.4. The summed E-state index contributed by atoms with van der Waals surface area (Å²) in [5.41, 5.74) is 11.2. The predicted molar refractivity (Wildman–Crippen MR) is 116 cm³/mol. The van der Waals surface area contributed by atoms with E-state index in [1.54, 1.807) is 24.3 Å². The molecule has 0 spiro atoms. The summed E-state index contributed by atoms with van der Waals surface area (Å²) in [4.78, 5) is 51.4. The van der Waals surface area contributed by atoms with Crippen molar-refractivity contribution in [1.29, 1.82) is 0 Å². The van der Waals surface area contributed by atoms with Crippen LogP contribution in [0.1, 0.15) is 25.3 Å². The quantitative estimate of drug-likeness (QED) is 0.0904. The zero-order valence-electron chi connectivity index (χ0n) is 17.8. The second-order valence-corrected chi connectivity index (χ2v) is 6.87. The Morgan fingerprint density at radius 3 is 2.41 bits per heavy atom. The highest BCUT2D eigenvalue weighted by Gasteiger charge is 2.25. The van der Waals surface area contributed by atoms with Crippen molar-refractivity contribution in [2.45, 2.75) is 44.5 Å². The number of hydrogen-bond donors (Lipinski definition) is 6. The van der Waals surface area contributed by atoms with E-state index < -0.39 is 42.6 Å². The molecule has 176 valence electrons. The summed E-state index contributed by atoms with van der Waals surface area (Å²) >= 11 is 0. The van der Waals surface area contributed by atoms with Crippen molar-refractivity contribution in [1.82, 2.24) is 16.0 Å². The standard InChI is InChI=1S/C20H30N6O6/c1-13(17(29)25-15(10-27)8-5-9-23-19(21)22)24-18(30)16(11-28)26-20(31)32-12-14-6-3-2-4-7-14/h2-4,6-7,10,13,15-16,28H,5,8-9,11-12H2,1H3,(H,24,30)(H,25,29)(H,26,31)(H4,21,22,23). The summed E-state index contributed by atoms with van der Waals surface area (Å²) < 4.78 is 5.01. The molecule has 0 heterocycles. The minimum absolute atomic E-state index is 0.0124. The number of aliphatic hydroxyl groups is 1. The van der Waals surface area contributed by atoms with Crippen LogP contribution >= 0.6 is 0 Å². The average molecular weight is 450 g/mol. The Balaban J connectivity index is 2.47. The molecule has 3 amide bonds. The maximum Gasteiger partial charge on any atom is 0.408 e. The summed E-state index contributed by atoms with van der Waals surface area (Å²) in [6.45, 7) is 0.986. The molecular weight excluding hydrogens is 420 g/mol. The first-order valence-electron chi connectivity index (χ1n) is 9.96. The summed E-state index contributed by atoms with van der Waals surface area (Å²) in [5, 5.41) is 16.5. The molecule has 0 fully saturated rings. The van der Waals surface area contributed by atoms with Gasteiger partial charge in [0.2, 0.25) is 11.8 Å².